The van der Waals surface area contributed by atoms with Crippen LogP contribution in [0.4, 0.5) is 27.6 Å². The van der Waals surface area contributed by atoms with Gasteiger partial charge in [-0.1, -0.05) is 0 Å². The molecule has 8 nitrogen and oxygen atoms in total. The average molecular weight is 502 g/mol. The molecule has 0 atom stereocenters. The topological polar surface area (TPSA) is 102 Å². The quantitative estimate of drug-likeness (QED) is 0.322. The zero-order chi connectivity index (χ0) is 24.7. The monoisotopic (exact) mass is 502 g/mol. The third-order valence-corrected chi connectivity index (χ3v) is 5.25. The van der Waals surface area contributed by atoms with Gasteiger partial charge in [-0.15, -0.1) is 0 Å². The highest BCUT2D eigenvalue weighted by molar-refractivity contribution is 7.06. The number of nitrogens with one attached hydrogen (secondary N) is 2. The van der Waals surface area contributed by atoms with E-state index in [-0.39, 0.29) is 36.7 Å². The van der Waals surface area contributed by atoms with Crippen LogP contribution in [-0.4, -0.2) is 51.4 Å². The first kappa shape index (κ1) is 25.4. The number of rotatable bonds is 10. The summed E-state index contributed by atoms with van der Waals surface area (Å²) < 4.78 is 71.6. The zero-order valence-electron chi connectivity index (χ0n) is 17.7. The molecule has 0 spiro atoms. The summed E-state index contributed by atoms with van der Waals surface area (Å²) >= 11 is 1.05. The molecule has 34 heavy (non-hydrogen) atoms. The first-order chi connectivity index (χ1) is 16.1. The van der Waals surface area contributed by atoms with Gasteiger partial charge in [0.05, 0.1) is 41.6 Å². The molecule has 14 heteroatoms. The highest BCUT2D eigenvalue weighted by atomic mass is 32.1. The molecule has 3 aromatic heterocycles. The summed E-state index contributed by atoms with van der Waals surface area (Å²) in [7, 11) is 0. The Morgan fingerprint density at radius 2 is 1.94 bits per heavy atom. The summed E-state index contributed by atoms with van der Waals surface area (Å²) in [5.74, 6) is -0.209. The number of nitrogens with zero attached hydrogens (tertiary/aromatic N) is 4. The highest BCUT2D eigenvalue weighted by Crippen LogP contribution is 2.27. The first-order valence-corrected chi connectivity index (χ1v) is 10.6. The lowest BCUT2D eigenvalue weighted by Gasteiger charge is -2.09. The van der Waals surface area contributed by atoms with E-state index in [0.717, 1.165) is 17.7 Å². The number of amides is 1. The first-order valence-electron chi connectivity index (χ1n) is 9.86. The predicted molar refractivity (Wildman–Crippen MR) is 113 cm³/mol. The SMILES string of the molecule is Cc1nsc(Cc2cnc(C(F)(F)F)cn2)c1C(=O)Nc1ccc(OCCNCC(F)F)nc1. The number of hydrogen-bond donors (Lipinski definition) is 2. The smallest absolute Gasteiger partial charge is 0.434 e. The van der Waals surface area contributed by atoms with Crippen molar-refractivity contribution in [2.24, 2.45) is 0 Å². The second-order valence-corrected chi connectivity index (χ2v) is 7.77. The van der Waals surface area contributed by atoms with Crippen LogP contribution in [0.2, 0.25) is 0 Å². The maximum atomic E-state index is 12.8. The summed E-state index contributed by atoms with van der Waals surface area (Å²) in [4.78, 5) is 24.6. The Kier molecular flexibility index (Phi) is 8.39. The molecular weight excluding hydrogens is 483 g/mol. The number of ether oxygens (including phenoxy) is 1. The van der Waals surface area contributed by atoms with Crippen molar-refractivity contribution in [1.82, 2.24) is 24.6 Å². The van der Waals surface area contributed by atoms with E-state index >= 15 is 0 Å². The zero-order valence-corrected chi connectivity index (χ0v) is 18.5. The molecule has 0 bridgehead atoms. The van der Waals surface area contributed by atoms with E-state index in [1.54, 1.807) is 13.0 Å². The molecule has 0 aliphatic heterocycles. The molecule has 3 rings (SSSR count). The normalized spacial score (nSPS) is 11.6. The van der Waals surface area contributed by atoms with Crippen LogP contribution >= 0.6 is 11.5 Å². The number of hydrogen-bond acceptors (Lipinski definition) is 8. The highest BCUT2D eigenvalue weighted by Gasteiger charge is 2.32. The molecule has 0 unspecified atom stereocenters. The van der Waals surface area contributed by atoms with E-state index in [4.69, 9.17) is 4.74 Å². The summed E-state index contributed by atoms with van der Waals surface area (Å²) in [5.41, 5.74) is 0.286. The lowest BCUT2D eigenvalue weighted by Crippen LogP contribution is -2.26. The summed E-state index contributed by atoms with van der Waals surface area (Å²) in [6.07, 6.45) is -3.90. The fraction of sp³-hybridized carbons (Fsp3) is 0.350. The van der Waals surface area contributed by atoms with E-state index in [1.807, 2.05) is 0 Å². The summed E-state index contributed by atoms with van der Waals surface area (Å²) in [5, 5.41) is 5.21. The van der Waals surface area contributed by atoms with Gasteiger partial charge in [0.25, 0.3) is 12.3 Å². The van der Waals surface area contributed by atoms with Crippen molar-refractivity contribution in [2.75, 3.05) is 25.0 Å². The lowest BCUT2D eigenvalue weighted by atomic mass is 10.1. The largest absolute Gasteiger partial charge is 0.476 e. The van der Waals surface area contributed by atoms with Crippen LogP contribution in [0, 0.1) is 6.92 Å². The average Bonchev–Trinajstić information content (AvgIpc) is 3.14. The van der Waals surface area contributed by atoms with Crippen molar-refractivity contribution in [2.45, 2.75) is 25.9 Å². The van der Waals surface area contributed by atoms with Gasteiger partial charge in [0.1, 0.15) is 6.61 Å². The lowest BCUT2D eigenvalue weighted by molar-refractivity contribution is -0.141. The van der Waals surface area contributed by atoms with Gasteiger partial charge in [0.2, 0.25) is 5.88 Å². The molecule has 0 radical (unpaired) electrons. The number of anilines is 1. The molecule has 0 aliphatic rings. The Bertz CT molecular complexity index is 1090. The number of aryl methyl sites for hydroxylation is 1. The third kappa shape index (κ3) is 7.12. The molecule has 0 aliphatic carbocycles. The van der Waals surface area contributed by atoms with Crippen molar-refractivity contribution in [3.63, 3.8) is 0 Å². The van der Waals surface area contributed by atoms with Gasteiger partial charge in [-0.05, 0) is 24.5 Å². The predicted octanol–water partition coefficient (Wildman–Crippen LogP) is 3.73. The van der Waals surface area contributed by atoms with Gasteiger partial charge in [-0.25, -0.2) is 18.7 Å². The Morgan fingerprint density at radius 3 is 2.56 bits per heavy atom. The van der Waals surface area contributed by atoms with Crippen LogP contribution in [0.1, 0.15) is 32.3 Å². The molecule has 0 saturated carbocycles. The van der Waals surface area contributed by atoms with Gasteiger partial charge in [0.15, 0.2) is 5.69 Å². The number of aromatic nitrogens is 4. The van der Waals surface area contributed by atoms with Gasteiger partial charge in [-0.2, -0.15) is 17.5 Å². The van der Waals surface area contributed by atoms with Crippen LogP contribution in [-0.2, 0) is 12.6 Å². The molecule has 1 amide bonds. The number of alkyl halides is 5. The molecule has 3 heterocycles. The van der Waals surface area contributed by atoms with Gasteiger partial charge in [0, 0.05) is 30.1 Å². The minimum Gasteiger partial charge on any atom is -0.476 e. The molecule has 0 fully saturated rings. The van der Waals surface area contributed by atoms with Crippen LogP contribution < -0.4 is 15.4 Å². The molecule has 182 valence electrons. The van der Waals surface area contributed by atoms with E-state index in [1.165, 1.54) is 12.3 Å². The maximum Gasteiger partial charge on any atom is 0.434 e. The number of carbonyl (C=O) groups is 1. The van der Waals surface area contributed by atoms with Crippen LogP contribution in [0.3, 0.4) is 0 Å². The molecule has 0 aromatic carbocycles. The van der Waals surface area contributed by atoms with Crippen LogP contribution in [0.25, 0.3) is 0 Å². The Labute approximate surface area is 194 Å². The molecule has 0 saturated heterocycles. The van der Waals surface area contributed by atoms with Gasteiger partial charge < -0.3 is 15.4 Å². The van der Waals surface area contributed by atoms with Crippen LogP contribution in [0.5, 0.6) is 5.88 Å². The van der Waals surface area contributed by atoms with Crippen molar-refractivity contribution in [3.05, 3.63) is 58.2 Å². The van der Waals surface area contributed by atoms with E-state index in [9.17, 15) is 26.7 Å². The Hall–Kier alpha value is -3.26. The summed E-state index contributed by atoms with van der Waals surface area (Å²) in [6.45, 7) is 1.58. The third-order valence-electron chi connectivity index (χ3n) is 4.32. The van der Waals surface area contributed by atoms with E-state index in [0.29, 0.717) is 22.5 Å². The minimum atomic E-state index is -4.59. The van der Waals surface area contributed by atoms with Gasteiger partial charge in [-0.3, -0.25) is 9.78 Å². The van der Waals surface area contributed by atoms with Crippen molar-refractivity contribution >= 4 is 23.1 Å². The Morgan fingerprint density at radius 1 is 1.15 bits per heavy atom. The number of pyridine rings is 1. The standard InChI is InChI=1S/C20H19F5N6O2S/c1-11-18(14(34-31-11)6-13-8-28-15(9-27-13)20(23,24)25)19(32)30-12-2-3-17(29-7-12)33-5-4-26-10-16(21)22/h2-3,7-9,16,26H,4-6,10H2,1H3,(H,30,32). The number of carbonyl (C=O) groups excluding carboxylic acids is 1. The summed E-state index contributed by atoms with van der Waals surface area (Å²) in [6, 6.07) is 3.07. The second-order valence-electron chi connectivity index (χ2n) is 6.92. The van der Waals surface area contributed by atoms with Gasteiger partial charge >= 0.3 is 6.18 Å². The van der Waals surface area contributed by atoms with E-state index < -0.39 is 30.7 Å². The number of halogens is 5. The Balaban J connectivity index is 1.60. The molecule has 3 aromatic rings. The van der Waals surface area contributed by atoms with Crippen LogP contribution in [0.15, 0.2) is 30.7 Å². The molecular formula is C20H19F5N6O2S. The van der Waals surface area contributed by atoms with Crippen molar-refractivity contribution < 1.29 is 31.5 Å². The fourth-order valence-electron chi connectivity index (χ4n) is 2.76. The second kappa shape index (κ2) is 11.2. The maximum absolute atomic E-state index is 12.8. The van der Waals surface area contributed by atoms with Crippen molar-refractivity contribution in [3.8, 4) is 5.88 Å². The van der Waals surface area contributed by atoms with E-state index in [2.05, 4.69) is 30.0 Å². The minimum absolute atomic E-state index is 0.0873. The fourth-order valence-corrected chi connectivity index (χ4v) is 3.64. The molecule has 2 N–H and O–H groups in total. The van der Waals surface area contributed by atoms with Crippen molar-refractivity contribution in [1.29, 1.82) is 0 Å².